The average molecular weight is 390 g/mol. The monoisotopic (exact) mass is 388 g/mol. The van der Waals surface area contributed by atoms with Gasteiger partial charge in [-0.15, -0.1) is 0 Å². The lowest BCUT2D eigenvalue weighted by Gasteiger charge is -2.08. The lowest BCUT2D eigenvalue weighted by atomic mass is 10.2. The first-order valence-electron chi connectivity index (χ1n) is 5.54. The number of rotatable bonds is 3. The second kappa shape index (κ2) is 6.43. The lowest BCUT2D eigenvalue weighted by Crippen LogP contribution is -2.13. The van der Waals surface area contributed by atoms with Gasteiger partial charge in [-0.25, -0.2) is 9.78 Å². The second-order valence-corrected chi connectivity index (χ2v) is 5.62. The van der Waals surface area contributed by atoms with Crippen LogP contribution in [0.25, 0.3) is 0 Å². The van der Waals surface area contributed by atoms with Crippen LogP contribution in [0.15, 0.2) is 34.8 Å². The fourth-order valence-electron chi connectivity index (χ4n) is 1.57. The molecule has 1 aromatic carbocycles. The molecule has 0 unspecified atom stereocenters. The molecule has 1 heterocycles. The number of aromatic carboxylic acids is 1. The molecule has 0 radical (unpaired) electrons. The first kappa shape index (κ1) is 15.8. The number of halogens is 3. The number of hydrogen-bond acceptors (Lipinski definition) is 3. The molecule has 1 amide bonds. The van der Waals surface area contributed by atoms with Gasteiger partial charge in [-0.05, 0) is 30.3 Å². The number of anilines is 1. The zero-order valence-corrected chi connectivity index (χ0v) is 13.3. The number of aromatic nitrogens is 1. The third kappa shape index (κ3) is 3.93. The summed E-state index contributed by atoms with van der Waals surface area (Å²) in [6, 6.07) is 7.20. The van der Waals surface area contributed by atoms with Crippen LogP contribution in [0.5, 0.6) is 0 Å². The highest BCUT2D eigenvalue weighted by molar-refractivity contribution is 9.10. The van der Waals surface area contributed by atoms with Crippen molar-refractivity contribution in [1.29, 1.82) is 0 Å². The highest BCUT2D eigenvalue weighted by Gasteiger charge is 2.14. The minimum absolute atomic E-state index is 0.0338. The molecular formula is C13H7BrCl2N2O3. The van der Waals surface area contributed by atoms with Crippen LogP contribution in [-0.4, -0.2) is 22.0 Å². The predicted octanol–water partition coefficient (Wildman–Crippen LogP) is 4.10. The van der Waals surface area contributed by atoms with E-state index in [0.29, 0.717) is 10.2 Å². The van der Waals surface area contributed by atoms with Crippen molar-refractivity contribution in [2.45, 2.75) is 0 Å². The number of hydrogen-bond donors (Lipinski definition) is 2. The normalized spacial score (nSPS) is 10.2. The number of nitrogens with zero attached hydrogens (tertiary/aromatic N) is 1. The van der Waals surface area contributed by atoms with Crippen molar-refractivity contribution >= 4 is 56.7 Å². The summed E-state index contributed by atoms with van der Waals surface area (Å²) in [5, 5.41) is 11.7. The van der Waals surface area contributed by atoms with Gasteiger partial charge in [0, 0.05) is 10.2 Å². The van der Waals surface area contributed by atoms with Crippen LogP contribution in [0.2, 0.25) is 10.3 Å². The number of amides is 1. The molecule has 0 saturated carbocycles. The predicted molar refractivity (Wildman–Crippen MR) is 83.3 cm³/mol. The summed E-state index contributed by atoms with van der Waals surface area (Å²) in [5.74, 6) is -1.61. The highest BCUT2D eigenvalue weighted by atomic mass is 79.9. The molecule has 5 nitrogen and oxygen atoms in total. The van der Waals surface area contributed by atoms with E-state index in [2.05, 4.69) is 26.2 Å². The molecule has 2 aromatic rings. The van der Waals surface area contributed by atoms with Crippen molar-refractivity contribution in [3.8, 4) is 0 Å². The fraction of sp³-hybridized carbons (Fsp3) is 0. The minimum atomic E-state index is -1.10. The summed E-state index contributed by atoms with van der Waals surface area (Å²) in [6.45, 7) is 0. The fourth-order valence-corrected chi connectivity index (χ4v) is 2.49. The zero-order chi connectivity index (χ0) is 15.6. The quantitative estimate of drug-likeness (QED) is 0.774. The van der Waals surface area contributed by atoms with E-state index in [1.54, 1.807) is 6.07 Å². The van der Waals surface area contributed by atoms with E-state index in [9.17, 15) is 9.59 Å². The van der Waals surface area contributed by atoms with E-state index >= 15 is 0 Å². The van der Waals surface area contributed by atoms with Gasteiger partial charge in [0.1, 0.15) is 10.3 Å². The number of benzene rings is 1. The van der Waals surface area contributed by atoms with Crippen LogP contribution >= 0.6 is 39.1 Å². The first-order valence-corrected chi connectivity index (χ1v) is 7.09. The third-order valence-corrected chi connectivity index (χ3v) is 3.42. The maximum absolute atomic E-state index is 12.1. The Labute approximate surface area is 138 Å². The average Bonchev–Trinajstić information content (AvgIpc) is 2.37. The maximum atomic E-state index is 12.1. The Hall–Kier alpha value is -1.63. The molecule has 0 aliphatic carbocycles. The molecule has 2 N–H and O–H groups in total. The van der Waals surface area contributed by atoms with E-state index in [4.69, 9.17) is 28.3 Å². The number of carboxylic acid groups (broad SMARTS) is 1. The smallest absolute Gasteiger partial charge is 0.335 e. The SMILES string of the molecule is O=C(O)c1cc(Br)cc(NC(=O)c2ccc(Cl)nc2Cl)c1. The van der Waals surface area contributed by atoms with Crippen LogP contribution in [0, 0.1) is 0 Å². The van der Waals surface area contributed by atoms with Crippen LogP contribution in [0.4, 0.5) is 5.69 Å². The Morgan fingerprint density at radius 3 is 2.52 bits per heavy atom. The van der Waals surface area contributed by atoms with Gasteiger partial charge in [-0.2, -0.15) is 0 Å². The summed E-state index contributed by atoms with van der Waals surface area (Å²) >= 11 is 14.7. The highest BCUT2D eigenvalue weighted by Crippen LogP contribution is 2.22. The van der Waals surface area contributed by atoms with E-state index in [-0.39, 0.29) is 21.4 Å². The number of carbonyl (C=O) groups excluding carboxylic acids is 1. The number of pyridine rings is 1. The summed E-state index contributed by atoms with van der Waals surface area (Å²) < 4.78 is 0.526. The molecule has 0 aliphatic heterocycles. The van der Waals surface area contributed by atoms with Crippen molar-refractivity contribution in [1.82, 2.24) is 4.98 Å². The molecule has 108 valence electrons. The standard InChI is InChI=1S/C13H7BrCl2N2O3/c14-7-3-6(13(20)21)4-8(5-7)17-12(19)9-1-2-10(15)18-11(9)16/h1-5H,(H,17,19)(H,20,21). The van der Waals surface area contributed by atoms with Crippen molar-refractivity contribution in [3.63, 3.8) is 0 Å². The van der Waals surface area contributed by atoms with Gasteiger partial charge >= 0.3 is 5.97 Å². The van der Waals surface area contributed by atoms with E-state index in [0.717, 1.165) is 0 Å². The molecule has 0 aliphatic rings. The summed E-state index contributed by atoms with van der Waals surface area (Å²) in [6.07, 6.45) is 0. The van der Waals surface area contributed by atoms with Gasteiger partial charge in [0.2, 0.25) is 0 Å². The molecule has 0 spiro atoms. The molecular weight excluding hydrogens is 383 g/mol. The molecule has 0 saturated heterocycles. The van der Waals surface area contributed by atoms with Gasteiger partial charge in [0.25, 0.3) is 5.91 Å². The third-order valence-electron chi connectivity index (χ3n) is 2.46. The minimum Gasteiger partial charge on any atom is -0.478 e. The van der Waals surface area contributed by atoms with Crippen LogP contribution < -0.4 is 5.32 Å². The summed E-state index contributed by atoms with van der Waals surface area (Å²) in [5.41, 5.74) is 0.496. The van der Waals surface area contributed by atoms with Crippen molar-refractivity contribution in [3.05, 3.63) is 56.2 Å². The van der Waals surface area contributed by atoms with Gasteiger partial charge in [-0.1, -0.05) is 39.1 Å². The Kier molecular flexibility index (Phi) is 4.82. The molecule has 2 rings (SSSR count). The van der Waals surface area contributed by atoms with Crippen molar-refractivity contribution in [2.24, 2.45) is 0 Å². The Morgan fingerprint density at radius 2 is 1.90 bits per heavy atom. The summed E-state index contributed by atoms with van der Waals surface area (Å²) in [4.78, 5) is 26.8. The first-order chi connectivity index (χ1) is 9.86. The number of carboxylic acids is 1. The Morgan fingerprint density at radius 1 is 1.19 bits per heavy atom. The van der Waals surface area contributed by atoms with Crippen molar-refractivity contribution < 1.29 is 14.7 Å². The molecule has 8 heteroatoms. The largest absolute Gasteiger partial charge is 0.478 e. The van der Waals surface area contributed by atoms with E-state index < -0.39 is 11.9 Å². The van der Waals surface area contributed by atoms with Gasteiger partial charge in [-0.3, -0.25) is 4.79 Å². The van der Waals surface area contributed by atoms with Gasteiger partial charge in [0.15, 0.2) is 0 Å². The Bertz CT molecular complexity index is 737. The summed E-state index contributed by atoms with van der Waals surface area (Å²) in [7, 11) is 0. The molecule has 21 heavy (non-hydrogen) atoms. The second-order valence-electron chi connectivity index (χ2n) is 3.96. The Balaban J connectivity index is 2.29. The van der Waals surface area contributed by atoms with E-state index in [1.807, 2.05) is 0 Å². The molecule has 0 fully saturated rings. The zero-order valence-electron chi connectivity index (χ0n) is 10.2. The maximum Gasteiger partial charge on any atom is 0.335 e. The van der Waals surface area contributed by atoms with Gasteiger partial charge < -0.3 is 10.4 Å². The molecule has 0 bridgehead atoms. The molecule has 0 atom stereocenters. The van der Waals surface area contributed by atoms with Crippen molar-refractivity contribution in [2.75, 3.05) is 5.32 Å². The van der Waals surface area contributed by atoms with Crippen LogP contribution in [0.3, 0.4) is 0 Å². The van der Waals surface area contributed by atoms with Crippen LogP contribution in [-0.2, 0) is 0 Å². The van der Waals surface area contributed by atoms with Gasteiger partial charge in [0.05, 0.1) is 11.1 Å². The van der Waals surface area contributed by atoms with E-state index in [1.165, 1.54) is 24.3 Å². The molecule has 1 aromatic heterocycles. The van der Waals surface area contributed by atoms with Crippen LogP contribution in [0.1, 0.15) is 20.7 Å². The lowest BCUT2D eigenvalue weighted by molar-refractivity contribution is 0.0696. The number of carbonyl (C=O) groups is 2. The number of nitrogens with one attached hydrogen (secondary N) is 1. The topological polar surface area (TPSA) is 79.3 Å².